The summed E-state index contributed by atoms with van der Waals surface area (Å²) in [6, 6.07) is 10.0. The summed E-state index contributed by atoms with van der Waals surface area (Å²) in [6.45, 7) is 0. The van der Waals surface area contributed by atoms with Gasteiger partial charge in [-0.15, -0.1) is 0 Å². The van der Waals surface area contributed by atoms with Crippen molar-refractivity contribution in [3.63, 3.8) is 0 Å². The molecule has 20 heavy (non-hydrogen) atoms. The average molecular weight is 383 g/mol. The van der Waals surface area contributed by atoms with E-state index in [1.165, 1.54) is 32.1 Å². The Morgan fingerprint density at radius 3 is 2.50 bits per heavy atom. The molecule has 1 aromatic carbocycles. The predicted molar refractivity (Wildman–Crippen MR) is 87.4 cm³/mol. The SMILES string of the molecule is O=C1N[C@@H](C2CCCCC2)C(I)=C(c2ccccc2)O1. The van der Waals surface area contributed by atoms with Crippen molar-refractivity contribution in [3.8, 4) is 0 Å². The van der Waals surface area contributed by atoms with Crippen LogP contribution in [0.5, 0.6) is 0 Å². The number of amides is 1. The molecule has 0 saturated heterocycles. The molecule has 0 unspecified atom stereocenters. The van der Waals surface area contributed by atoms with Crippen molar-refractivity contribution in [2.75, 3.05) is 0 Å². The van der Waals surface area contributed by atoms with E-state index in [-0.39, 0.29) is 12.1 Å². The molecule has 0 aromatic heterocycles. The Balaban J connectivity index is 1.92. The van der Waals surface area contributed by atoms with Gasteiger partial charge < -0.3 is 10.1 Å². The molecule has 1 saturated carbocycles. The minimum absolute atomic E-state index is 0.118. The lowest BCUT2D eigenvalue weighted by atomic mass is 9.83. The van der Waals surface area contributed by atoms with E-state index in [2.05, 4.69) is 27.9 Å². The molecule has 0 bridgehead atoms. The number of cyclic esters (lactones) is 1. The molecule has 4 heteroatoms. The van der Waals surface area contributed by atoms with Crippen molar-refractivity contribution in [2.24, 2.45) is 5.92 Å². The number of benzene rings is 1. The molecule has 1 amide bonds. The van der Waals surface area contributed by atoms with Crippen LogP contribution in [-0.4, -0.2) is 12.1 Å². The second-order valence-electron chi connectivity index (χ2n) is 5.45. The molecule has 3 nitrogen and oxygen atoms in total. The summed E-state index contributed by atoms with van der Waals surface area (Å²) in [4.78, 5) is 11.9. The van der Waals surface area contributed by atoms with Gasteiger partial charge in [-0.05, 0) is 41.4 Å². The maximum Gasteiger partial charge on any atom is 0.413 e. The number of carbonyl (C=O) groups is 1. The third-order valence-electron chi connectivity index (χ3n) is 4.12. The fourth-order valence-corrected chi connectivity index (χ4v) is 4.17. The second kappa shape index (κ2) is 6.16. The molecule has 1 aliphatic heterocycles. The monoisotopic (exact) mass is 383 g/mol. The van der Waals surface area contributed by atoms with Crippen molar-refractivity contribution in [2.45, 2.75) is 38.1 Å². The van der Waals surface area contributed by atoms with Crippen LogP contribution in [0.2, 0.25) is 0 Å². The first-order valence-electron chi connectivity index (χ1n) is 7.19. The quantitative estimate of drug-likeness (QED) is 0.765. The minimum Gasteiger partial charge on any atom is -0.409 e. The molecular weight excluding hydrogens is 365 g/mol. The first kappa shape index (κ1) is 13.9. The van der Waals surface area contributed by atoms with E-state index in [1.54, 1.807) is 0 Å². The topological polar surface area (TPSA) is 38.3 Å². The molecule has 0 radical (unpaired) electrons. The number of alkyl carbamates (subject to hydrolysis) is 1. The van der Waals surface area contributed by atoms with Crippen LogP contribution < -0.4 is 5.32 Å². The Labute approximate surface area is 132 Å². The van der Waals surface area contributed by atoms with Crippen LogP contribution in [-0.2, 0) is 4.74 Å². The molecule has 106 valence electrons. The smallest absolute Gasteiger partial charge is 0.409 e. The molecule has 0 spiro atoms. The van der Waals surface area contributed by atoms with Gasteiger partial charge in [-0.25, -0.2) is 4.79 Å². The van der Waals surface area contributed by atoms with Gasteiger partial charge in [0.15, 0.2) is 5.76 Å². The van der Waals surface area contributed by atoms with Gasteiger partial charge in [0, 0.05) is 5.56 Å². The zero-order valence-electron chi connectivity index (χ0n) is 11.3. The summed E-state index contributed by atoms with van der Waals surface area (Å²) < 4.78 is 6.55. The number of rotatable bonds is 2. The third kappa shape index (κ3) is 2.85. The van der Waals surface area contributed by atoms with Crippen molar-refractivity contribution in [1.82, 2.24) is 5.32 Å². The zero-order chi connectivity index (χ0) is 13.9. The van der Waals surface area contributed by atoms with Crippen LogP contribution in [0, 0.1) is 5.92 Å². The highest BCUT2D eigenvalue weighted by Crippen LogP contribution is 2.37. The van der Waals surface area contributed by atoms with Gasteiger partial charge in [-0.3, -0.25) is 0 Å². The average Bonchev–Trinajstić information content (AvgIpc) is 2.51. The van der Waals surface area contributed by atoms with Crippen molar-refractivity contribution in [3.05, 3.63) is 39.5 Å². The summed E-state index contributed by atoms with van der Waals surface area (Å²) in [6.07, 6.45) is 5.92. The number of carbonyl (C=O) groups excluding carboxylic acids is 1. The van der Waals surface area contributed by atoms with Crippen LogP contribution in [0.1, 0.15) is 37.7 Å². The number of halogens is 1. The van der Waals surface area contributed by atoms with Crippen LogP contribution in [0.25, 0.3) is 5.76 Å². The van der Waals surface area contributed by atoms with Gasteiger partial charge >= 0.3 is 6.09 Å². The maximum absolute atomic E-state index is 11.9. The molecule has 3 rings (SSSR count). The first-order chi connectivity index (χ1) is 9.75. The first-order valence-corrected chi connectivity index (χ1v) is 8.27. The minimum atomic E-state index is -0.320. The van der Waals surface area contributed by atoms with Gasteiger partial charge in [0.2, 0.25) is 0 Å². The Morgan fingerprint density at radius 2 is 1.80 bits per heavy atom. The molecular formula is C16H18INO2. The Bertz CT molecular complexity index is 521. The Morgan fingerprint density at radius 1 is 1.10 bits per heavy atom. The van der Waals surface area contributed by atoms with Crippen molar-refractivity contribution >= 4 is 34.4 Å². The van der Waals surface area contributed by atoms with Crippen LogP contribution in [0.15, 0.2) is 33.9 Å². The molecule has 1 fully saturated rings. The zero-order valence-corrected chi connectivity index (χ0v) is 13.4. The van der Waals surface area contributed by atoms with Crippen LogP contribution in [0.4, 0.5) is 4.79 Å². The molecule has 1 aliphatic carbocycles. The number of ether oxygens (including phenoxy) is 1. The van der Waals surface area contributed by atoms with Crippen molar-refractivity contribution in [1.29, 1.82) is 0 Å². The molecule has 2 aliphatic rings. The van der Waals surface area contributed by atoms with E-state index in [9.17, 15) is 4.79 Å². The van der Waals surface area contributed by atoms with E-state index in [1.807, 2.05) is 30.3 Å². The normalized spacial score (nSPS) is 24.2. The lowest BCUT2D eigenvalue weighted by molar-refractivity contribution is 0.174. The van der Waals surface area contributed by atoms with Gasteiger partial charge in [-0.1, -0.05) is 49.6 Å². The fraction of sp³-hybridized carbons (Fsp3) is 0.438. The van der Waals surface area contributed by atoms with Gasteiger partial charge in [0.1, 0.15) is 0 Å². The lowest BCUT2D eigenvalue weighted by Gasteiger charge is -2.34. The lowest BCUT2D eigenvalue weighted by Crippen LogP contribution is -2.44. The number of hydrogen-bond acceptors (Lipinski definition) is 2. The van der Waals surface area contributed by atoms with E-state index in [4.69, 9.17) is 4.74 Å². The summed E-state index contributed by atoms with van der Waals surface area (Å²) in [5.41, 5.74) is 0.979. The van der Waals surface area contributed by atoms with Gasteiger partial charge in [-0.2, -0.15) is 0 Å². The van der Waals surface area contributed by atoms with Gasteiger partial charge in [0.05, 0.1) is 9.62 Å². The summed E-state index contributed by atoms with van der Waals surface area (Å²) in [7, 11) is 0. The standard InChI is InChI=1S/C16H18INO2/c17-13-14(11-7-3-1-4-8-11)18-16(19)20-15(13)12-9-5-2-6-10-12/h2,5-6,9-11,14H,1,3-4,7-8H2,(H,18,19)/t14-/m0/s1. The number of hydrogen-bond donors (Lipinski definition) is 1. The molecule has 1 N–H and O–H groups in total. The fourth-order valence-electron chi connectivity index (χ4n) is 3.08. The largest absolute Gasteiger partial charge is 0.413 e. The van der Waals surface area contributed by atoms with E-state index >= 15 is 0 Å². The van der Waals surface area contributed by atoms with Crippen LogP contribution >= 0.6 is 22.6 Å². The highest BCUT2D eigenvalue weighted by atomic mass is 127. The van der Waals surface area contributed by atoms with E-state index in [0.29, 0.717) is 5.92 Å². The van der Waals surface area contributed by atoms with E-state index < -0.39 is 0 Å². The summed E-state index contributed by atoms with van der Waals surface area (Å²) in [5.74, 6) is 1.27. The highest BCUT2D eigenvalue weighted by molar-refractivity contribution is 14.1. The number of nitrogens with one attached hydrogen (secondary N) is 1. The van der Waals surface area contributed by atoms with Crippen LogP contribution in [0.3, 0.4) is 0 Å². The van der Waals surface area contributed by atoms with Crippen molar-refractivity contribution < 1.29 is 9.53 Å². The molecule has 1 aromatic rings. The summed E-state index contributed by atoms with van der Waals surface area (Å²) >= 11 is 2.34. The second-order valence-corrected chi connectivity index (χ2v) is 6.61. The summed E-state index contributed by atoms with van der Waals surface area (Å²) in [5, 5.41) is 3.01. The predicted octanol–water partition coefficient (Wildman–Crippen LogP) is 4.48. The molecule has 1 atom stereocenters. The Kier molecular flexibility index (Phi) is 4.29. The Hall–Kier alpha value is -1.04. The van der Waals surface area contributed by atoms with E-state index in [0.717, 1.165) is 14.9 Å². The van der Waals surface area contributed by atoms with Gasteiger partial charge in [0.25, 0.3) is 0 Å². The third-order valence-corrected chi connectivity index (χ3v) is 5.28. The molecule has 1 heterocycles. The highest BCUT2D eigenvalue weighted by Gasteiger charge is 2.34. The maximum atomic E-state index is 11.9.